The van der Waals surface area contributed by atoms with Gasteiger partial charge in [-0.15, -0.1) is 0 Å². The highest BCUT2D eigenvalue weighted by molar-refractivity contribution is 9.09. The van der Waals surface area contributed by atoms with E-state index < -0.39 is 0 Å². The van der Waals surface area contributed by atoms with E-state index in [0.717, 1.165) is 19.3 Å². The summed E-state index contributed by atoms with van der Waals surface area (Å²) in [7, 11) is 0. The molecule has 0 fully saturated rings. The lowest BCUT2D eigenvalue weighted by Crippen LogP contribution is -1.97. The number of allylic oxidation sites excluding steroid dienone is 2. The van der Waals surface area contributed by atoms with E-state index in [1.54, 1.807) is 0 Å². The molecule has 1 atom stereocenters. The van der Waals surface area contributed by atoms with Crippen LogP contribution in [0.4, 0.5) is 0 Å². The van der Waals surface area contributed by atoms with Crippen molar-refractivity contribution in [1.29, 1.82) is 0 Å². The topological polar surface area (TPSA) is 20.2 Å². The molecule has 64 valence electrons. The van der Waals surface area contributed by atoms with Gasteiger partial charge in [0.05, 0.1) is 5.76 Å². The molecule has 1 N–H and O–H groups in total. The highest BCUT2D eigenvalue weighted by Gasteiger charge is 2.06. The number of rotatable bonds is 0. The zero-order valence-electron chi connectivity index (χ0n) is 6.72. The van der Waals surface area contributed by atoms with Gasteiger partial charge in [0.1, 0.15) is 0 Å². The van der Waals surface area contributed by atoms with Crippen LogP contribution >= 0.6 is 15.9 Å². The molecule has 1 aliphatic rings. The number of aliphatic hydroxyl groups excluding tert-OH is 1. The van der Waals surface area contributed by atoms with E-state index in [-0.39, 0.29) is 0 Å². The van der Waals surface area contributed by atoms with Gasteiger partial charge in [-0.1, -0.05) is 22.4 Å². The lowest BCUT2D eigenvalue weighted by molar-refractivity contribution is 0.381. The number of halogens is 1. The Bertz CT molecular complexity index is 142. The van der Waals surface area contributed by atoms with Gasteiger partial charge in [-0.2, -0.15) is 0 Å². The van der Waals surface area contributed by atoms with Crippen molar-refractivity contribution < 1.29 is 5.11 Å². The normalized spacial score (nSPS) is 32.8. The van der Waals surface area contributed by atoms with E-state index in [1.165, 1.54) is 19.3 Å². The van der Waals surface area contributed by atoms with E-state index >= 15 is 0 Å². The van der Waals surface area contributed by atoms with Crippen molar-refractivity contribution in [2.75, 3.05) is 0 Å². The van der Waals surface area contributed by atoms with Crippen molar-refractivity contribution in [3.63, 3.8) is 0 Å². The van der Waals surface area contributed by atoms with Crippen molar-refractivity contribution in [1.82, 2.24) is 0 Å². The smallest absolute Gasteiger partial charge is 0.0883 e. The van der Waals surface area contributed by atoms with Gasteiger partial charge < -0.3 is 5.11 Å². The zero-order valence-corrected chi connectivity index (χ0v) is 8.31. The van der Waals surface area contributed by atoms with Gasteiger partial charge in [-0.05, 0) is 31.8 Å². The Morgan fingerprint density at radius 1 is 1.36 bits per heavy atom. The van der Waals surface area contributed by atoms with Crippen LogP contribution in [-0.2, 0) is 0 Å². The molecule has 0 amide bonds. The SMILES string of the molecule is O/C1=C/CCCCC(Br)CC1. The van der Waals surface area contributed by atoms with Gasteiger partial charge in [0, 0.05) is 11.2 Å². The van der Waals surface area contributed by atoms with Crippen molar-refractivity contribution in [3.8, 4) is 0 Å². The van der Waals surface area contributed by atoms with Crippen LogP contribution in [0.2, 0.25) is 0 Å². The molecule has 2 heteroatoms. The molecular weight excluding hydrogens is 204 g/mol. The molecule has 0 saturated carbocycles. The molecule has 0 aromatic carbocycles. The Morgan fingerprint density at radius 2 is 2.18 bits per heavy atom. The van der Waals surface area contributed by atoms with E-state index in [9.17, 15) is 5.11 Å². The van der Waals surface area contributed by atoms with Crippen LogP contribution in [0, 0.1) is 0 Å². The van der Waals surface area contributed by atoms with Gasteiger partial charge in [-0.25, -0.2) is 0 Å². The molecule has 0 aromatic rings. The summed E-state index contributed by atoms with van der Waals surface area (Å²) < 4.78 is 0. The highest BCUT2D eigenvalue weighted by atomic mass is 79.9. The van der Waals surface area contributed by atoms with Crippen LogP contribution in [0.3, 0.4) is 0 Å². The molecular formula is C9H15BrO. The van der Waals surface area contributed by atoms with Gasteiger partial charge in [0.25, 0.3) is 0 Å². The van der Waals surface area contributed by atoms with Crippen molar-refractivity contribution >= 4 is 15.9 Å². The van der Waals surface area contributed by atoms with Crippen LogP contribution < -0.4 is 0 Å². The number of aliphatic hydroxyl groups is 1. The minimum Gasteiger partial charge on any atom is -0.513 e. The Balaban J connectivity index is 2.38. The number of hydrogen-bond donors (Lipinski definition) is 1. The maximum atomic E-state index is 9.30. The largest absolute Gasteiger partial charge is 0.513 e. The Labute approximate surface area is 76.6 Å². The van der Waals surface area contributed by atoms with Crippen molar-refractivity contribution in [2.45, 2.75) is 43.4 Å². The summed E-state index contributed by atoms with van der Waals surface area (Å²) in [6, 6.07) is 0. The monoisotopic (exact) mass is 218 g/mol. The summed E-state index contributed by atoms with van der Waals surface area (Å²) in [5.41, 5.74) is 0. The molecule has 0 saturated heterocycles. The van der Waals surface area contributed by atoms with Crippen LogP contribution in [0.15, 0.2) is 11.8 Å². The molecule has 0 aromatic heterocycles. The molecule has 0 heterocycles. The third-order valence-electron chi connectivity index (χ3n) is 2.07. The summed E-state index contributed by atoms with van der Waals surface area (Å²) in [6.07, 6.45) is 8.67. The van der Waals surface area contributed by atoms with E-state index in [0.29, 0.717) is 10.6 Å². The first kappa shape index (κ1) is 9.11. The summed E-state index contributed by atoms with van der Waals surface area (Å²) in [5.74, 6) is 0.580. The Hall–Kier alpha value is 0.0200. The maximum Gasteiger partial charge on any atom is 0.0883 e. The third-order valence-corrected chi connectivity index (χ3v) is 2.98. The average Bonchev–Trinajstić information content (AvgIpc) is 2.06. The standard InChI is InChI=1S/C9H15BrO/c10-8-4-2-1-3-5-9(11)7-6-8/h5,8,11H,1-4,6-7H2/b9-5+. The number of hydrogen-bond acceptors (Lipinski definition) is 1. The van der Waals surface area contributed by atoms with Crippen molar-refractivity contribution in [3.05, 3.63) is 11.8 Å². The van der Waals surface area contributed by atoms with Crippen molar-refractivity contribution in [2.24, 2.45) is 0 Å². The first-order chi connectivity index (χ1) is 5.29. The fourth-order valence-electron chi connectivity index (χ4n) is 1.33. The molecule has 1 unspecified atom stereocenters. The predicted molar refractivity (Wildman–Crippen MR) is 51.1 cm³/mol. The number of alkyl halides is 1. The lowest BCUT2D eigenvalue weighted by atomic mass is 10.1. The van der Waals surface area contributed by atoms with Crippen LogP contribution in [0.5, 0.6) is 0 Å². The molecule has 11 heavy (non-hydrogen) atoms. The molecule has 0 aliphatic heterocycles. The lowest BCUT2D eigenvalue weighted by Gasteiger charge is -2.05. The summed E-state index contributed by atoms with van der Waals surface area (Å²) in [6.45, 7) is 0. The van der Waals surface area contributed by atoms with E-state index in [4.69, 9.17) is 0 Å². The molecule has 0 spiro atoms. The first-order valence-electron chi connectivity index (χ1n) is 4.31. The fourth-order valence-corrected chi connectivity index (χ4v) is 1.88. The van der Waals surface area contributed by atoms with Crippen LogP contribution in [0.25, 0.3) is 0 Å². The molecule has 0 bridgehead atoms. The maximum absolute atomic E-state index is 9.30. The summed E-state index contributed by atoms with van der Waals surface area (Å²) in [5, 5.41) is 9.30. The molecule has 1 nitrogen and oxygen atoms in total. The Kier molecular flexibility index (Phi) is 3.98. The second kappa shape index (κ2) is 4.81. The first-order valence-corrected chi connectivity index (χ1v) is 5.22. The van der Waals surface area contributed by atoms with E-state index in [2.05, 4.69) is 15.9 Å². The molecule has 1 aliphatic carbocycles. The summed E-state index contributed by atoms with van der Waals surface area (Å²) >= 11 is 3.60. The molecule has 1 rings (SSSR count). The van der Waals surface area contributed by atoms with Gasteiger partial charge >= 0.3 is 0 Å². The second-order valence-corrected chi connectivity index (χ2v) is 4.41. The van der Waals surface area contributed by atoms with Crippen LogP contribution in [-0.4, -0.2) is 9.93 Å². The van der Waals surface area contributed by atoms with Gasteiger partial charge in [-0.3, -0.25) is 0 Å². The van der Waals surface area contributed by atoms with Crippen LogP contribution in [0.1, 0.15) is 38.5 Å². The minimum atomic E-state index is 0.580. The van der Waals surface area contributed by atoms with E-state index in [1.807, 2.05) is 6.08 Å². The second-order valence-electron chi connectivity index (χ2n) is 3.12. The minimum absolute atomic E-state index is 0.580. The van der Waals surface area contributed by atoms with Gasteiger partial charge in [0.2, 0.25) is 0 Å². The fraction of sp³-hybridized carbons (Fsp3) is 0.778. The quantitative estimate of drug-likeness (QED) is 0.617. The van der Waals surface area contributed by atoms with Gasteiger partial charge in [0.15, 0.2) is 0 Å². The zero-order chi connectivity index (χ0) is 8.10. The third kappa shape index (κ3) is 3.80. The molecule has 0 radical (unpaired) electrons. The Morgan fingerprint density at radius 3 is 3.00 bits per heavy atom. The predicted octanol–water partition coefficient (Wildman–Crippen LogP) is 3.55. The summed E-state index contributed by atoms with van der Waals surface area (Å²) in [4.78, 5) is 0.608. The highest BCUT2D eigenvalue weighted by Crippen LogP contribution is 2.20. The average molecular weight is 219 g/mol.